The molecule has 1 nitrogen and oxygen atoms in total. The van der Waals surface area contributed by atoms with Gasteiger partial charge in [-0.1, -0.05) is 48.0 Å². The molecule has 1 N–H and O–H groups in total. The molecule has 0 aliphatic heterocycles. The maximum atomic E-state index is 9.23. The van der Waals surface area contributed by atoms with Gasteiger partial charge in [-0.15, -0.1) is 0 Å². The van der Waals surface area contributed by atoms with E-state index in [2.05, 4.69) is 15.9 Å². The highest BCUT2D eigenvalue weighted by Gasteiger charge is 1.97. The summed E-state index contributed by atoms with van der Waals surface area (Å²) in [5, 5.41) is 11.4. The van der Waals surface area contributed by atoms with Gasteiger partial charge in [0.1, 0.15) is 5.75 Å². The van der Waals surface area contributed by atoms with Gasteiger partial charge in [0.15, 0.2) is 0 Å². The zero-order valence-corrected chi connectivity index (χ0v) is 9.88. The van der Waals surface area contributed by atoms with Gasteiger partial charge < -0.3 is 5.11 Å². The molecule has 0 spiro atoms. The Labute approximate surface area is 92.5 Å². The second kappa shape index (κ2) is 5.01. The van der Waals surface area contributed by atoms with E-state index < -0.39 is 0 Å². The Bertz CT molecular complexity index is 424. The van der Waals surface area contributed by atoms with E-state index in [1.807, 2.05) is 38.1 Å². The van der Waals surface area contributed by atoms with Gasteiger partial charge >= 0.3 is 0 Å². The van der Waals surface area contributed by atoms with Crippen LogP contribution in [0, 0.1) is 0 Å². The molecule has 2 rings (SSSR count). The number of fused-ring (bicyclic) bond motifs is 1. The van der Waals surface area contributed by atoms with Crippen molar-refractivity contribution in [1.82, 2.24) is 0 Å². The van der Waals surface area contributed by atoms with Gasteiger partial charge in [0.25, 0.3) is 0 Å². The quantitative estimate of drug-likeness (QED) is 0.740. The lowest BCUT2D eigenvalue weighted by atomic mass is 10.1. The SMILES string of the molecule is CC.Oc1ccc2cccc(Br)c2c1. The van der Waals surface area contributed by atoms with Crippen LogP contribution in [0.1, 0.15) is 13.8 Å². The number of hydrogen-bond acceptors (Lipinski definition) is 1. The summed E-state index contributed by atoms with van der Waals surface area (Å²) in [5.74, 6) is 0.300. The van der Waals surface area contributed by atoms with E-state index in [9.17, 15) is 5.11 Å². The number of hydrogen-bond donors (Lipinski definition) is 1. The zero-order valence-electron chi connectivity index (χ0n) is 8.29. The molecule has 0 aromatic heterocycles. The average Bonchev–Trinajstić information content (AvgIpc) is 2.22. The number of phenols is 1. The minimum absolute atomic E-state index is 0.300. The number of aromatic hydroxyl groups is 1. The first kappa shape index (κ1) is 11.1. The molecule has 0 atom stereocenters. The summed E-state index contributed by atoms with van der Waals surface area (Å²) in [6, 6.07) is 11.3. The van der Waals surface area contributed by atoms with Crippen LogP contribution in [0.2, 0.25) is 0 Å². The highest BCUT2D eigenvalue weighted by atomic mass is 79.9. The Hall–Kier alpha value is -1.02. The lowest BCUT2D eigenvalue weighted by Crippen LogP contribution is -1.73. The van der Waals surface area contributed by atoms with Gasteiger partial charge in [0.05, 0.1) is 0 Å². The van der Waals surface area contributed by atoms with E-state index in [0.717, 1.165) is 15.2 Å². The van der Waals surface area contributed by atoms with Crippen molar-refractivity contribution < 1.29 is 5.11 Å². The third kappa shape index (κ3) is 2.26. The van der Waals surface area contributed by atoms with Crippen LogP contribution < -0.4 is 0 Å². The molecule has 74 valence electrons. The van der Waals surface area contributed by atoms with Crippen molar-refractivity contribution in [2.75, 3.05) is 0 Å². The van der Waals surface area contributed by atoms with Gasteiger partial charge in [-0.25, -0.2) is 0 Å². The number of phenolic OH excluding ortho intramolecular Hbond substituents is 1. The molecule has 0 bridgehead atoms. The minimum atomic E-state index is 0.300. The molecule has 0 radical (unpaired) electrons. The molecule has 0 fully saturated rings. The summed E-state index contributed by atoms with van der Waals surface area (Å²) in [6.45, 7) is 4.00. The molecule has 14 heavy (non-hydrogen) atoms. The van der Waals surface area contributed by atoms with E-state index in [1.54, 1.807) is 12.1 Å². The summed E-state index contributed by atoms with van der Waals surface area (Å²) in [7, 11) is 0. The van der Waals surface area contributed by atoms with Crippen LogP contribution in [0.4, 0.5) is 0 Å². The third-order valence-electron chi connectivity index (χ3n) is 1.81. The van der Waals surface area contributed by atoms with Crippen molar-refractivity contribution in [3.05, 3.63) is 40.9 Å². The van der Waals surface area contributed by atoms with Crippen LogP contribution in [0.15, 0.2) is 40.9 Å². The summed E-state index contributed by atoms with van der Waals surface area (Å²) < 4.78 is 1.01. The van der Waals surface area contributed by atoms with Crippen molar-refractivity contribution in [3.63, 3.8) is 0 Å². The maximum Gasteiger partial charge on any atom is 0.116 e. The average molecular weight is 253 g/mol. The Balaban J connectivity index is 0.000000461. The van der Waals surface area contributed by atoms with Gasteiger partial charge in [0.2, 0.25) is 0 Å². The summed E-state index contributed by atoms with van der Waals surface area (Å²) >= 11 is 3.42. The van der Waals surface area contributed by atoms with Crippen molar-refractivity contribution in [2.24, 2.45) is 0 Å². The fraction of sp³-hybridized carbons (Fsp3) is 0.167. The number of benzene rings is 2. The normalized spacial score (nSPS) is 9.36. The fourth-order valence-electron chi connectivity index (χ4n) is 1.22. The molecule has 2 aromatic rings. The van der Waals surface area contributed by atoms with Crippen LogP contribution in [0.5, 0.6) is 5.75 Å². The molecule has 0 aliphatic rings. The molecular weight excluding hydrogens is 240 g/mol. The summed E-state index contributed by atoms with van der Waals surface area (Å²) in [4.78, 5) is 0. The van der Waals surface area contributed by atoms with Gasteiger partial charge in [0, 0.05) is 4.47 Å². The fourth-order valence-corrected chi connectivity index (χ4v) is 1.72. The van der Waals surface area contributed by atoms with Crippen LogP contribution in [0.3, 0.4) is 0 Å². The zero-order chi connectivity index (χ0) is 10.6. The second-order valence-corrected chi connectivity index (χ2v) is 3.50. The molecule has 2 aromatic carbocycles. The lowest BCUT2D eigenvalue weighted by molar-refractivity contribution is 0.476. The molecule has 2 heteroatoms. The van der Waals surface area contributed by atoms with E-state index in [0.29, 0.717) is 5.75 Å². The predicted molar refractivity (Wildman–Crippen MR) is 64.7 cm³/mol. The smallest absolute Gasteiger partial charge is 0.116 e. The van der Waals surface area contributed by atoms with Crippen LogP contribution in [-0.4, -0.2) is 5.11 Å². The Kier molecular flexibility index (Phi) is 3.96. The summed E-state index contributed by atoms with van der Waals surface area (Å²) in [6.07, 6.45) is 0. The second-order valence-electron chi connectivity index (χ2n) is 2.65. The lowest BCUT2D eigenvalue weighted by Gasteiger charge is -1.99. The highest BCUT2D eigenvalue weighted by Crippen LogP contribution is 2.26. The minimum Gasteiger partial charge on any atom is -0.508 e. The van der Waals surface area contributed by atoms with Crippen molar-refractivity contribution in [3.8, 4) is 5.75 Å². The monoisotopic (exact) mass is 252 g/mol. The van der Waals surface area contributed by atoms with Crippen LogP contribution in [-0.2, 0) is 0 Å². The first-order valence-corrected chi connectivity index (χ1v) is 5.44. The van der Waals surface area contributed by atoms with E-state index in [1.165, 1.54) is 0 Å². The van der Waals surface area contributed by atoms with E-state index in [-0.39, 0.29) is 0 Å². The number of halogens is 1. The van der Waals surface area contributed by atoms with Crippen molar-refractivity contribution in [1.29, 1.82) is 0 Å². The van der Waals surface area contributed by atoms with Crippen molar-refractivity contribution >= 4 is 26.7 Å². The standard InChI is InChI=1S/C10H7BrO.C2H6/c11-10-3-1-2-7-4-5-8(12)6-9(7)10;1-2/h1-6,12H;1-2H3. The maximum absolute atomic E-state index is 9.23. The largest absolute Gasteiger partial charge is 0.508 e. The topological polar surface area (TPSA) is 20.2 Å². The molecule has 0 aliphatic carbocycles. The van der Waals surface area contributed by atoms with E-state index >= 15 is 0 Å². The van der Waals surface area contributed by atoms with Gasteiger partial charge in [-0.2, -0.15) is 0 Å². The highest BCUT2D eigenvalue weighted by molar-refractivity contribution is 9.10. The van der Waals surface area contributed by atoms with Gasteiger partial charge in [-0.3, -0.25) is 0 Å². The molecular formula is C12H13BrO. The first-order valence-electron chi connectivity index (χ1n) is 4.64. The first-order chi connectivity index (χ1) is 6.77. The Morgan fingerprint density at radius 2 is 1.79 bits per heavy atom. The van der Waals surface area contributed by atoms with Crippen LogP contribution in [0.25, 0.3) is 10.8 Å². The molecule has 0 unspecified atom stereocenters. The van der Waals surface area contributed by atoms with Gasteiger partial charge in [-0.05, 0) is 29.0 Å². The van der Waals surface area contributed by atoms with Crippen molar-refractivity contribution in [2.45, 2.75) is 13.8 Å². The van der Waals surface area contributed by atoms with Crippen LogP contribution >= 0.6 is 15.9 Å². The van der Waals surface area contributed by atoms with E-state index in [4.69, 9.17) is 0 Å². The summed E-state index contributed by atoms with van der Waals surface area (Å²) in [5.41, 5.74) is 0. The molecule has 0 saturated carbocycles. The molecule has 0 saturated heterocycles. The molecule has 0 amide bonds. The Morgan fingerprint density at radius 1 is 1.07 bits per heavy atom. The predicted octanol–water partition coefficient (Wildman–Crippen LogP) is 4.33. The molecule has 0 heterocycles. The Morgan fingerprint density at radius 3 is 2.50 bits per heavy atom. The number of rotatable bonds is 0. The third-order valence-corrected chi connectivity index (χ3v) is 2.50.